The van der Waals surface area contributed by atoms with Crippen LogP contribution in [0.4, 0.5) is 0 Å². The largest absolute Gasteiger partial charge is 0.455 e. The number of carbonyl (C=O) groups is 1. The van der Waals surface area contributed by atoms with Crippen molar-refractivity contribution in [2.45, 2.75) is 51.1 Å². The third-order valence-corrected chi connectivity index (χ3v) is 9.89. The summed E-state index contributed by atoms with van der Waals surface area (Å²) in [5.41, 5.74) is 0. The van der Waals surface area contributed by atoms with Gasteiger partial charge in [0.05, 0.1) is 0 Å². The Morgan fingerprint density at radius 2 is 1.38 bits per heavy atom. The minimum Gasteiger partial charge on any atom is -0.455 e. The highest BCUT2D eigenvalue weighted by molar-refractivity contribution is 6.85. The predicted octanol–water partition coefficient (Wildman–Crippen LogP) is 2.78. The highest BCUT2D eigenvalue weighted by Crippen LogP contribution is 2.27. The average molecular weight is 216 g/mol. The first kappa shape index (κ1) is 11.1. The van der Waals surface area contributed by atoms with Crippen LogP contribution >= 0.6 is 0 Å². The van der Waals surface area contributed by atoms with Crippen molar-refractivity contribution in [3.8, 4) is 0 Å². The number of ketones is 1. The van der Waals surface area contributed by atoms with Gasteiger partial charge in [-0.25, -0.2) is 0 Å². The molecule has 0 saturated carbocycles. The lowest BCUT2D eigenvalue weighted by atomic mass is 10.2. The van der Waals surface area contributed by atoms with Crippen LogP contribution in [0.2, 0.25) is 38.3 Å². The molecule has 1 rings (SSSR count). The molecule has 1 saturated heterocycles. The maximum Gasteiger partial charge on any atom is 0.173 e. The minimum absolute atomic E-state index is 0.449. The molecule has 0 aliphatic carbocycles. The van der Waals surface area contributed by atoms with Crippen molar-refractivity contribution in [2.75, 3.05) is 0 Å². The summed E-state index contributed by atoms with van der Waals surface area (Å²) in [4.78, 5) is 11.4. The fourth-order valence-corrected chi connectivity index (χ4v) is 10.4. The first-order valence-electron chi connectivity index (χ1n) is 5.03. The van der Waals surface area contributed by atoms with E-state index in [1.54, 1.807) is 0 Å². The highest BCUT2D eigenvalue weighted by atomic mass is 28.4. The highest BCUT2D eigenvalue weighted by Gasteiger charge is 2.35. The Balaban J connectivity index is 2.70. The number of carbonyl (C=O) groups excluding carboxylic acids is 1. The van der Waals surface area contributed by atoms with E-state index in [2.05, 4.69) is 26.2 Å². The lowest BCUT2D eigenvalue weighted by molar-refractivity contribution is -0.118. The van der Waals surface area contributed by atoms with E-state index in [1.807, 2.05) is 0 Å². The van der Waals surface area contributed by atoms with Crippen LogP contribution in [0.1, 0.15) is 12.8 Å². The van der Waals surface area contributed by atoms with Gasteiger partial charge in [-0.1, -0.05) is 0 Å². The SMILES string of the molecule is C[Si]1(C)CCC(=O)CC[Si](C)(C)O1. The molecular formula is C9H20O2Si2. The van der Waals surface area contributed by atoms with Crippen LogP contribution in [-0.4, -0.2) is 22.4 Å². The van der Waals surface area contributed by atoms with Gasteiger partial charge in [0.15, 0.2) is 16.6 Å². The molecule has 4 heteroatoms. The average Bonchev–Trinajstić information content (AvgIpc) is 1.94. The van der Waals surface area contributed by atoms with Crippen molar-refractivity contribution in [2.24, 2.45) is 0 Å². The van der Waals surface area contributed by atoms with Crippen molar-refractivity contribution in [3.63, 3.8) is 0 Å². The summed E-state index contributed by atoms with van der Waals surface area (Å²) < 4.78 is 6.24. The Morgan fingerprint density at radius 1 is 1.00 bits per heavy atom. The summed E-state index contributed by atoms with van der Waals surface area (Å²) in [6.45, 7) is 8.95. The molecule has 1 aliphatic rings. The van der Waals surface area contributed by atoms with Crippen LogP contribution in [-0.2, 0) is 8.91 Å². The van der Waals surface area contributed by atoms with Crippen LogP contribution in [0.25, 0.3) is 0 Å². The van der Waals surface area contributed by atoms with Gasteiger partial charge in [0.1, 0.15) is 5.78 Å². The van der Waals surface area contributed by atoms with Gasteiger partial charge in [-0.2, -0.15) is 0 Å². The second-order valence-corrected chi connectivity index (χ2v) is 14.0. The first-order valence-corrected chi connectivity index (χ1v) is 11.3. The third kappa shape index (κ3) is 3.74. The first-order chi connectivity index (χ1) is 5.81. The zero-order chi connectivity index (χ0) is 10.1. The summed E-state index contributed by atoms with van der Waals surface area (Å²) in [5.74, 6) is 0.449. The van der Waals surface area contributed by atoms with Crippen molar-refractivity contribution in [3.05, 3.63) is 0 Å². The van der Waals surface area contributed by atoms with Gasteiger partial charge < -0.3 is 4.12 Å². The molecule has 0 aromatic carbocycles. The molecule has 1 heterocycles. The van der Waals surface area contributed by atoms with Gasteiger partial charge >= 0.3 is 0 Å². The Bertz CT molecular complexity index is 192. The Morgan fingerprint density at radius 3 is 1.77 bits per heavy atom. The maximum atomic E-state index is 11.4. The topological polar surface area (TPSA) is 26.3 Å². The van der Waals surface area contributed by atoms with Crippen LogP contribution < -0.4 is 0 Å². The number of rotatable bonds is 0. The van der Waals surface area contributed by atoms with Crippen molar-refractivity contribution >= 4 is 22.4 Å². The normalized spacial score (nSPS) is 27.8. The van der Waals surface area contributed by atoms with Crippen molar-refractivity contribution in [1.82, 2.24) is 0 Å². The zero-order valence-corrected chi connectivity index (χ0v) is 11.1. The Kier molecular flexibility index (Phi) is 3.14. The molecule has 13 heavy (non-hydrogen) atoms. The molecule has 0 amide bonds. The number of hydrogen-bond donors (Lipinski definition) is 0. The summed E-state index contributed by atoms with van der Waals surface area (Å²) in [6.07, 6.45) is 1.51. The monoisotopic (exact) mass is 216 g/mol. The number of Topliss-reactive ketones (excluding diaryl/α,β-unsaturated/α-hetero) is 1. The number of hydrogen-bond acceptors (Lipinski definition) is 2. The van der Waals surface area contributed by atoms with Gasteiger partial charge in [0, 0.05) is 12.8 Å². The predicted molar refractivity (Wildman–Crippen MR) is 59.9 cm³/mol. The molecule has 1 aliphatic heterocycles. The van der Waals surface area contributed by atoms with Gasteiger partial charge in [0.25, 0.3) is 0 Å². The summed E-state index contributed by atoms with van der Waals surface area (Å²) in [5, 5.41) is 0. The molecule has 0 bridgehead atoms. The van der Waals surface area contributed by atoms with Crippen LogP contribution in [0.5, 0.6) is 0 Å². The fourth-order valence-electron chi connectivity index (χ4n) is 1.86. The van der Waals surface area contributed by atoms with Crippen LogP contribution in [0.3, 0.4) is 0 Å². The molecule has 76 valence electrons. The summed E-state index contributed by atoms with van der Waals surface area (Å²) >= 11 is 0. The van der Waals surface area contributed by atoms with E-state index < -0.39 is 16.6 Å². The molecule has 0 aromatic heterocycles. The second-order valence-electron chi connectivity index (χ2n) is 5.16. The van der Waals surface area contributed by atoms with Crippen LogP contribution in [0.15, 0.2) is 0 Å². The smallest absolute Gasteiger partial charge is 0.173 e. The lowest BCUT2D eigenvalue weighted by Crippen LogP contribution is -2.46. The van der Waals surface area contributed by atoms with Gasteiger partial charge in [-0.3, -0.25) is 4.79 Å². The van der Waals surface area contributed by atoms with Gasteiger partial charge in [-0.05, 0) is 38.3 Å². The van der Waals surface area contributed by atoms with E-state index in [4.69, 9.17) is 4.12 Å². The van der Waals surface area contributed by atoms with Crippen LogP contribution in [0, 0.1) is 0 Å². The summed E-state index contributed by atoms with van der Waals surface area (Å²) in [6, 6.07) is 2.03. The van der Waals surface area contributed by atoms with E-state index >= 15 is 0 Å². The van der Waals surface area contributed by atoms with E-state index in [1.165, 1.54) is 0 Å². The molecule has 0 unspecified atom stereocenters. The minimum atomic E-state index is -1.51. The van der Waals surface area contributed by atoms with Gasteiger partial charge in [0.2, 0.25) is 0 Å². The van der Waals surface area contributed by atoms with E-state index in [9.17, 15) is 4.79 Å². The molecule has 0 atom stereocenters. The Labute approximate surface area is 82.9 Å². The molecule has 2 nitrogen and oxygen atoms in total. The van der Waals surface area contributed by atoms with Crippen molar-refractivity contribution < 1.29 is 8.91 Å². The summed E-state index contributed by atoms with van der Waals surface area (Å²) in [7, 11) is -3.02. The van der Waals surface area contributed by atoms with Crippen molar-refractivity contribution in [1.29, 1.82) is 0 Å². The maximum absolute atomic E-state index is 11.4. The van der Waals surface area contributed by atoms with E-state index in [0.717, 1.165) is 24.9 Å². The zero-order valence-electron chi connectivity index (χ0n) is 9.14. The van der Waals surface area contributed by atoms with E-state index in [-0.39, 0.29) is 0 Å². The molecule has 1 fully saturated rings. The van der Waals surface area contributed by atoms with Gasteiger partial charge in [-0.15, -0.1) is 0 Å². The Hall–Kier alpha value is 0.0638. The molecule has 0 aromatic rings. The quantitative estimate of drug-likeness (QED) is 0.582. The fraction of sp³-hybridized carbons (Fsp3) is 0.889. The molecule has 0 N–H and O–H groups in total. The molecular weight excluding hydrogens is 196 g/mol. The standard InChI is InChI=1S/C9H20O2Si2/c1-12(2)7-5-9(10)6-8-13(3,4)11-12/h5-8H2,1-4H3. The lowest BCUT2D eigenvalue weighted by Gasteiger charge is -2.35. The molecule has 0 spiro atoms. The third-order valence-electron chi connectivity index (χ3n) is 2.56. The van der Waals surface area contributed by atoms with E-state index in [0.29, 0.717) is 5.78 Å². The molecule has 0 radical (unpaired) electrons. The second kappa shape index (κ2) is 3.67.